The highest BCUT2D eigenvalue weighted by atomic mass is 32.1. The third-order valence-electron chi connectivity index (χ3n) is 1.42. The Bertz CT molecular complexity index is 151. The molecule has 0 rings (SSSR count). The minimum absolute atomic E-state index is 0.174. The molecular formula is C8H15NS. The van der Waals surface area contributed by atoms with Gasteiger partial charge in [-0.1, -0.05) is 20.8 Å². The summed E-state index contributed by atoms with van der Waals surface area (Å²) in [5.41, 5.74) is 1.30. The number of nitrogens with zero attached hydrogens (tertiary/aromatic N) is 1. The zero-order valence-corrected chi connectivity index (χ0v) is 7.94. The van der Waals surface area contributed by atoms with Crippen LogP contribution in [0.4, 0.5) is 0 Å². The Labute approximate surface area is 68.7 Å². The van der Waals surface area contributed by atoms with Gasteiger partial charge in [0.05, 0.1) is 0 Å². The van der Waals surface area contributed by atoms with E-state index in [9.17, 15) is 0 Å². The molecule has 0 spiro atoms. The van der Waals surface area contributed by atoms with E-state index in [4.69, 9.17) is 0 Å². The maximum Gasteiger partial charge on any atom is 0.0327 e. The Balaban J connectivity index is 4.20. The molecule has 0 saturated heterocycles. The van der Waals surface area contributed by atoms with Gasteiger partial charge in [-0.2, -0.15) is 0 Å². The van der Waals surface area contributed by atoms with Crippen LogP contribution < -0.4 is 0 Å². The summed E-state index contributed by atoms with van der Waals surface area (Å²) >= 11 is 3.90. The molecule has 0 radical (unpaired) electrons. The standard InChI is InChI=1S/C8H15NS/c1-7(8(2,3)4)9-5-6-10/h5-6,10H,1-4H3/b6-5-,9-7?. The van der Waals surface area contributed by atoms with Crippen LogP contribution in [-0.2, 0) is 0 Å². The van der Waals surface area contributed by atoms with E-state index in [2.05, 4.69) is 38.4 Å². The lowest BCUT2D eigenvalue weighted by molar-refractivity contribution is 0.588. The van der Waals surface area contributed by atoms with Crippen molar-refractivity contribution < 1.29 is 0 Å². The van der Waals surface area contributed by atoms with Crippen LogP contribution in [0.15, 0.2) is 16.6 Å². The highest BCUT2D eigenvalue weighted by Crippen LogP contribution is 2.15. The smallest absolute Gasteiger partial charge is 0.0327 e. The summed E-state index contributed by atoms with van der Waals surface area (Å²) in [6.45, 7) is 8.43. The Kier molecular flexibility index (Phi) is 3.72. The van der Waals surface area contributed by atoms with Gasteiger partial charge < -0.3 is 0 Å². The van der Waals surface area contributed by atoms with Crippen molar-refractivity contribution in [2.45, 2.75) is 27.7 Å². The predicted octanol–water partition coefficient (Wildman–Crippen LogP) is 2.89. The van der Waals surface area contributed by atoms with Gasteiger partial charge >= 0.3 is 0 Å². The highest BCUT2D eigenvalue weighted by molar-refractivity contribution is 7.83. The third-order valence-corrected chi connectivity index (χ3v) is 1.55. The van der Waals surface area contributed by atoms with Crippen molar-refractivity contribution in [2.75, 3.05) is 0 Å². The van der Waals surface area contributed by atoms with Crippen molar-refractivity contribution in [3.8, 4) is 0 Å². The lowest BCUT2D eigenvalue weighted by atomic mass is 9.91. The van der Waals surface area contributed by atoms with Gasteiger partial charge in [-0.25, -0.2) is 0 Å². The van der Waals surface area contributed by atoms with Crippen LogP contribution in [0.1, 0.15) is 27.7 Å². The first-order valence-electron chi connectivity index (χ1n) is 3.32. The van der Waals surface area contributed by atoms with Crippen molar-refractivity contribution in [2.24, 2.45) is 10.4 Å². The second-order valence-electron chi connectivity index (χ2n) is 3.26. The molecule has 0 atom stereocenters. The molecule has 0 aromatic heterocycles. The molecule has 58 valence electrons. The molecule has 0 aliphatic carbocycles. The van der Waals surface area contributed by atoms with Gasteiger partial charge in [0.1, 0.15) is 0 Å². The number of hydrogen-bond donors (Lipinski definition) is 1. The van der Waals surface area contributed by atoms with Crippen molar-refractivity contribution >= 4 is 18.3 Å². The summed E-state index contributed by atoms with van der Waals surface area (Å²) in [5.74, 6) is 0. The molecule has 10 heavy (non-hydrogen) atoms. The third kappa shape index (κ3) is 3.72. The van der Waals surface area contributed by atoms with Crippen LogP contribution in [0, 0.1) is 5.41 Å². The molecule has 0 aliphatic heterocycles. The fraction of sp³-hybridized carbons (Fsp3) is 0.625. The summed E-state index contributed by atoms with van der Waals surface area (Å²) in [4.78, 5) is 4.17. The van der Waals surface area contributed by atoms with Gasteiger partial charge in [0, 0.05) is 11.9 Å². The summed E-state index contributed by atoms with van der Waals surface area (Å²) in [6, 6.07) is 0. The van der Waals surface area contributed by atoms with Gasteiger partial charge in [-0.3, -0.25) is 4.99 Å². The molecule has 0 bridgehead atoms. The first-order chi connectivity index (χ1) is 4.48. The van der Waals surface area contributed by atoms with Gasteiger partial charge in [0.2, 0.25) is 0 Å². The topological polar surface area (TPSA) is 12.4 Å². The molecule has 1 nitrogen and oxygen atoms in total. The zero-order valence-electron chi connectivity index (χ0n) is 7.05. The van der Waals surface area contributed by atoms with Crippen LogP contribution in [0.5, 0.6) is 0 Å². The number of aliphatic imine (C=N–C) groups is 1. The second kappa shape index (κ2) is 3.81. The number of rotatable bonds is 1. The predicted molar refractivity (Wildman–Crippen MR) is 50.7 cm³/mol. The van der Waals surface area contributed by atoms with E-state index < -0.39 is 0 Å². The minimum atomic E-state index is 0.174. The first kappa shape index (κ1) is 9.76. The lowest BCUT2D eigenvalue weighted by Gasteiger charge is -2.16. The molecule has 0 amide bonds. The lowest BCUT2D eigenvalue weighted by Crippen LogP contribution is -2.15. The molecule has 0 unspecified atom stereocenters. The van der Waals surface area contributed by atoms with Gasteiger partial charge in [-0.05, 0) is 17.7 Å². The van der Waals surface area contributed by atoms with Crippen LogP contribution >= 0.6 is 12.6 Å². The Hall–Kier alpha value is -0.240. The van der Waals surface area contributed by atoms with Crippen LogP contribution in [0.2, 0.25) is 0 Å². The summed E-state index contributed by atoms with van der Waals surface area (Å²) < 4.78 is 0. The monoisotopic (exact) mass is 157 g/mol. The SMILES string of the molecule is CC(=N/C=C\S)C(C)(C)C. The van der Waals surface area contributed by atoms with Crippen LogP contribution in [0.25, 0.3) is 0 Å². The minimum Gasteiger partial charge on any atom is -0.265 e. The van der Waals surface area contributed by atoms with E-state index in [0.717, 1.165) is 5.71 Å². The van der Waals surface area contributed by atoms with Crippen molar-refractivity contribution in [3.05, 3.63) is 11.6 Å². The van der Waals surface area contributed by atoms with E-state index in [0.29, 0.717) is 0 Å². The molecule has 0 aliphatic rings. The second-order valence-corrected chi connectivity index (χ2v) is 3.56. The quantitative estimate of drug-likeness (QED) is 0.444. The fourth-order valence-electron chi connectivity index (χ4n) is 0.339. The van der Waals surface area contributed by atoms with Gasteiger partial charge in [0.15, 0.2) is 0 Å². The fourth-order valence-corrected chi connectivity index (χ4v) is 0.405. The summed E-state index contributed by atoms with van der Waals surface area (Å²) in [6.07, 6.45) is 1.70. The van der Waals surface area contributed by atoms with E-state index >= 15 is 0 Å². The normalized spacial score (nSPS) is 14.7. The Morgan fingerprint density at radius 3 is 2.20 bits per heavy atom. The van der Waals surface area contributed by atoms with Gasteiger partial charge in [-0.15, -0.1) is 12.6 Å². The number of hydrogen-bond acceptors (Lipinski definition) is 2. The van der Waals surface area contributed by atoms with Crippen LogP contribution in [0.3, 0.4) is 0 Å². The largest absolute Gasteiger partial charge is 0.265 e. The molecule has 0 saturated carbocycles. The maximum absolute atomic E-state index is 4.17. The van der Waals surface area contributed by atoms with Crippen LogP contribution in [-0.4, -0.2) is 5.71 Å². The molecule has 0 aromatic carbocycles. The molecule has 0 N–H and O–H groups in total. The van der Waals surface area contributed by atoms with Crippen molar-refractivity contribution in [1.29, 1.82) is 0 Å². The zero-order chi connectivity index (χ0) is 8.20. The van der Waals surface area contributed by atoms with E-state index in [-0.39, 0.29) is 5.41 Å². The van der Waals surface area contributed by atoms with E-state index in [1.165, 1.54) is 0 Å². The first-order valence-corrected chi connectivity index (χ1v) is 3.84. The molecule has 2 heteroatoms. The molecular weight excluding hydrogens is 142 g/mol. The van der Waals surface area contributed by atoms with E-state index in [1.54, 1.807) is 11.6 Å². The molecule has 0 heterocycles. The Morgan fingerprint density at radius 1 is 1.40 bits per heavy atom. The average Bonchev–Trinajstić information content (AvgIpc) is 1.80. The maximum atomic E-state index is 4.17. The Morgan fingerprint density at radius 2 is 1.90 bits per heavy atom. The summed E-state index contributed by atoms with van der Waals surface area (Å²) in [5, 5.41) is 1.63. The van der Waals surface area contributed by atoms with E-state index in [1.807, 2.05) is 6.92 Å². The number of thiol groups is 1. The molecule has 0 aromatic rings. The highest BCUT2D eigenvalue weighted by Gasteiger charge is 2.12. The van der Waals surface area contributed by atoms with Crippen molar-refractivity contribution in [1.82, 2.24) is 0 Å². The average molecular weight is 157 g/mol. The molecule has 0 fully saturated rings. The summed E-state index contributed by atoms with van der Waals surface area (Å²) in [7, 11) is 0. The van der Waals surface area contributed by atoms with Crippen molar-refractivity contribution in [3.63, 3.8) is 0 Å². The van der Waals surface area contributed by atoms with Gasteiger partial charge in [0.25, 0.3) is 0 Å².